The maximum atomic E-state index is 11.9. The number of carbonyl (C=O) groups excluding carboxylic acids is 1. The molecule has 0 saturated heterocycles. The molecule has 0 aliphatic rings. The van der Waals surface area contributed by atoms with Crippen molar-refractivity contribution in [2.45, 2.75) is 20.3 Å². The Bertz CT molecular complexity index is 905. The Balaban J connectivity index is 2.13. The largest absolute Gasteiger partial charge is 0.494 e. The summed E-state index contributed by atoms with van der Waals surface area (Å²) in [5.74, 6) is 0.791. The highest BCUT2D eigenvalue weighted by Gasteiger charge is 2.13. The molecule has 0 atom stereocenters. The molecule has 0 fully saturated rings. The number of rotatable bonds is 5. The SMILES string of the molecule is CCCOc1cccc(-c2cc(C(=O)Cl)c3cc(C)ccc3n2)c1. The van der Waals surface area contributed by atoms with Gasteiger partial charge >= 0.3 is 0 Å². The third kappa shape index (κ3) is 3.41. The molecule has 0 amide bonds. The first-order chi connectivity index (χ1) is 11.6. The van der Waals surface area contributed by atoms with E-state index in [-0.39, 0.29) is 0 Å². The van der Waals surface area contributed by atoms with Crippen LogP contribution in [0.3, 0.4) is 0 Å². The monoisotopic (exact) mass is 339 g/mol. The van der Waals surface area contributed by atoms with E-state index in [1.165, 1.54) is 0 Å². The van der Waals surface area contributed by atoms with Crippen molar-refractivity contribution < 1.29 is 9.53 Å². The number of ether oxygens (including phenoxy) is 1. The second-order valence-electron chi connectivity index (χ2n) is 5.73. The molecular formula is C20H18ClNO2. The van der Waals surface area contributed by atoms with Crippen molar-refractivity contribution in [3.05, 3.63) is 59.7 Å². The molecule has 1 heterocycles. The molecule has 0 spiro atoms. The molecule has 1 aromatic heterocycles. The number of benzene rings is 2. The van der Waals surface area contributed by atoms with Crippen LogP contribution in [0.5, 0.6) is 5.75 Å². The zero-order valence-electron chi connectivity index (χ0n) is 13.7. The smallest absolute Gasteiger partial charge is 0.253 e. The number of aryl methyl sites for hydroxylation is 1. The maximum Gasteiger partial charge on any atom is 0.253 e. The van der Waals surface area contributed by atoms with Crippen molar-refractivity contribution >= 4 is 27.7 Å². The molecule has 0 aliphatic heterocycles. The summed E-state index contributed by atoms with van der Waals surface area (Å²) in [6.07, 6.45) is 0.947. The van der Waals surface area contributed by atoms with E-state index in [4.69, 9.17) is 16.3 Å². The Morgan fingerprint density at radius 2 is 2.00 bits per heavy atom. The average molecular weight is 340 g/mol. The highest BCUT2D eigenvalue weighted by Crippen LogP contribution is 2.28. The first kappa shape index (κ1) is 16.5. The summed E-state index contributed by atoms with van der Waals surface area (Å²) in [4.78, 5) is 16.6. The van der Waals surface area contributed by atoms with Gasteiger partial charge in [0.2, 0.25) is 0 Å². The highest BCUT2D eigenvalue weighted by molar-refractivity contribution is 6.68. The molecule has 0 unspecified atom stereocenters. The van der Waals surface area contributed by atoms with Gasteiger partial charge in [-0.15, -0.1) is 0 Å². The normalized spacial score (nSPS) is 10.8. The van der Waals surface area contributed by atoms with E-state index in [1.54, 1.807) is 6.07 Å². The third-order valence-corrected chi connectivity index (χ3v) is 3.98. The Labute approximate surface area is 146 Å². The summed E-state index contributed by atoms with van der Waals surface area (Å²) in [6.45, 7) is 4.71. The number of hydrogen-bond donors (Lipinski definition) is 0. The van der Waals surface area contributed by atoms with Gasteiger partial charge in [-0.2, -0.15) is 0 Å². The van der Waals surface area contributed by atoms with Crippen LogP contribution in [0.4, 0.5) is 0 Å². The van der Waals surface area contributed by atoms with Gasteiger partial charge in [0.05, 0.1) is 17.8 Å². The van der Waals surface area contributed by atoms with Crippen molar-refractivity contribution in [1.29, 1.82) is 0 Å². The minimum absolute atomic E-state index is 0.472. The van der Waals surface area contributed by atoms with E-state index in [1.807, 2.05) is 49.4 Å². The van der Waals surface area contributed by atoms with Crippen LogP contribution < -0.4 is 4.74 Å². The molecule has 4 heteroatoms. The van der Waals surface area contributed by atoms with Crippen LogP contribution in [0.2, 0.25) is 0 Å². The topological polar surface area (TPSA) is 39.2 Å². The van der Waals surface area contributed by atoms with Crippen molar-refractivity contribution in [3.8, 4) is 17.0 Å². The molecule has 3 nitrogen and oxygen atoms in total. The van der Waals surface area contributed by atoms with Gasteiger partial charge in [-0.05, 0) is 55.3 Å². The van der Waals surface area contributed by atoms with Crippen LogP contribution in [0.25, 0.3) is 22.2 Å². The fourth-order valence-corrected chi connectivity index (χ4v) is 2.77. The van der Waals surface area contributed by atoms with Gasteiger partial charge in [-0.1, -0.05) is 30.7 Å². The number of nitrogens with zero attached hydrogens (tertiary/aromatic N) is 1. The summed E-state index contributed by atoms with van der Waals surface area (Å²) in [5, 5.41) is 0.296. The average Bonchev–Trinajstić information content (AvgIpc) is 2.59. The molecule has 0 bridgehead atoms. The van der Waals surface area contributed by atoms with Crippen molar-refractivity contribution in [1.82, 2.24) is 4.98 Å². The lowest BCUT2D eigenvalue weighted by Gasteiger charge is -2.10. The van der Waals surface area contributed by atoms with Crippen LogP contribution in [0.15, 0.2) is 48.5 Å². The number of hydrogen-bond acceptors (Lipinski definition) is 3. The second kappa shape index (κ2) is 7.02. The third-order valence-electron chi connectivity index (χ3n) is 3.78. The standard InChI is InChI=1S/C20H18ClNO2/c1-3-9-24-15-6-4-5-14(11-15)19-12-17(20(21)23)16-10-13(2)7-8-18(16)22-19/h4-8,10-12H,3,9H2,1-2H3. The lowest BCUT2D eigenvalue weighted by atomic mass is 10.0. The minimum Gasteiger partial charge on any atom is -0.494 e. The Morgan fingerprint density at radius 3 is 2.75 bits per heavy atom. The Morgan fingerprint density at radius 1 is 1.17 bits per heavy atom. The fourth-order valence-electron chi connectivity index (χ4n) is 2.62. The minimum atomic E-state index is -0.479. The molecule has 3 aromatic rings. The second-order valence-corrected chi connectivity index (χ2v) is 6.07. The summed E-state index contributed by atoms with van der Waals surface area (Å²) in [6, 6.07) is 15.3. The van der Waals surface area contributed by atoms with Gasteiger partial charge in [0, 0.05) is 16.5 Å². The number of pyridine rings is 1. The van der Waals surface area contributed by atoms with Crippen LogP contribution in [-0.2, 0) is 0 Å². The summed E-state index contributed by atoms with van der Waals surface area (Å²) in [5.41, 5.74) is 3.89. The number of halogens is 1. The lowest BCUT2D eigenvalue weighted by Crippen LogP contribution is -1.97. The molecule has 3 rings (SSSR count). The quantitative estimate of drug-likeness (QED) is 0.586. The van der Waals surface area contributed by atoms with Crippen LogP contribution in [0, 0.1) is 6.92 Å². The van der Waals surface area contributed by atoms with Gasteiger partial charge in [0.1, 0.15) is 5.75 Å². The van der Waals surface area contributed by atoms with Crippen LogP contribution in [0.1, 0.15) is 29.3 Å². The molecule has 122 valence electrons. The van der Waals surface area contributed by atoms with E-state index in [9.17, 15) is 4.79 Å². The zero-order valence-corrected chi connectivity index (χ0v) is 14.4. The zero-order chi connectivity index (χ0) is 17.1. The Hall–Kier alpha value is -2.39. The fraction of sp³-hybridized carbons (Fsp3) is 0.200. The predicted molar refractivity (Wildman–Crippen MR) is 97.9 cm³/mol. The van der Waals surface area contributed by atoms with E-state index >= 15 is 0 Å². The molecule has 0 aliphatic carbocycles. The van der Waals surface area contributed by atoms with E-state index in [0.29, 0.717) is 17.9 Å². The van der Waals surface area contributed by atoms with E-state index in [2.05, 4.69) is 11.9 Å². The first-order valence-electron chi connectivity index (χ1n) is 7.93. The van der Waals surface area contributed by atoms with E-state index < -0.39 is 5.24 Å². The van der Waals surface area contributed by atoms with Crippen molar-refractivity contribution in [3.63, 3.8) is 0 Å². The summed E-state index contributed by atoms with van der Waals surface area (Å²) >= 11 is 5.80. The molecule has 0 saturated carbocycles. The lowest BCUT2D eigenvalue weighted by molar-refractivity contribution is 0.108. The predicted octanol–water partition coefficient (Wildman–Crippen LogP) is 5.38. The van der Waals surface area contributed by atoms with Gasteiger partial charge in [0.15, 0.2) is 0 Å². The Kier molecular flexibility index (Phi) is 4.81. The van der Waals surface area contributed by atoms with Crippen molar-refractivity contribution in [2.75, 3.05) is 6.61 Å². The van der Waals surface area contributed by atoms with Crippen molar-refractivity contribution in [2.24, 2.45) is 0 Å². The van der Waals surface area contributed by atoms with E-state index in [0.717, 1.165) is 34.2 Å². The summed E-state index contributed by atoms with van der Waals surface area (Å²) < 4.78 is 5.68. The summed E-state index contributed by atoms with van der Waals surface area (Å²) in [7, 11) is 0. The maximum absolute atomic E-state index is 11.9. The molecule has 24 heavy (non-hydrogen) atoms. The van der Waals surface area contributed by atoms with Crippen LogP contribution >= 0.6 is 11.6 Å². The number of fused-ring (bicyclic) bond motifs is 1. The van der Waals surface area contributed by atoms with Gasteiger partial charge in [-0.25, -0.2) is 4.98 Å². The highest BCUT2D eigenvalue weighted by atomic mass is 35.5. The molecule has 0 radical (unpaired) electrons. The first-order valence-corrected chi connectivity index (χ1v) is 8.30. The van der Waals surface area contributed by atoms with Gasteiger partial charge in [-0.3, -0.25) is 4.79 Å². The number of aromatic nitrogens is 1. The van der Waals surface area contributed by atoms with Crippen LogP contribution in [-0.4, -0.2) is 16.8 Å². The molecule has 2 aromatic carbocycles. The number of carbonyl (C=O) groups is 1. The van der Waals surface area contributed by atoms with Gasteiger partial charge in [0.25, 0.3) is 5.24 Å². The molecule has 0 N–H and O–H groups in total. The van der Waals surface area contributed by atoms with Gasteiger partial charge < -0.3 is 4.74 Å². The molecular weight excluding hydrogens is 322 g/mol.